The molecule has 2 aromatic rings. The second-order valence-electron chi connectivity index (χ2n) is 3.10. The Morgan fingerprint density at radius 3 is 2.44 bits per heavy atom. The van der Waals surface area contributed by atoms with Crippen molar-refractivity contribution < 1.29 is 13.2 Å². The summed E-state index contributed by atoms with van der Waals surface area (Å²) in [5.74, 6) is -0.0894. The van der Waals surface area contributed by atoms with E-state index in [1.165, 1.54) is 6.07 Å². The van der Waals surface area contributed by atoms with Crippen LogP contribution in [0.4, 0.5) is 19.0 Å². The Kier molecular flexibility index (Phi) is 2.38. The molecule has 2 N–H and O–H groups in total. The molecule has 0 fully saturated rings. The second kappa shape index (κ2) is 3.48. The summed E-state index contributed by atoms with van der Waals surface area (Å²) in [5, 5.41) is -0.0211. The third kappa shape index (κ3) is 1.88. The second-order valence-corrected chi connectivity index (χ2v) is 3.46. The lowest BCUT2D eigenvalue weighted by Gasteiger charge is -2.07. The van der Waals surface area contributed by atoms with Gasteiger partial charge in [-0.15, -0.1) is 0 Å². The van der Waals surface area contributed by atoms with Crippen molar-refractivity contribution in [2.45, 2.75) is 6.18 Å². The monoisotopic (exact) mass is 247 g/mol. The number of anilines is 1. The SMILES string of the molecule is Nc1nc2cc(C(F)(F)F)ccc2nc1Cl. The van der Waals surface area contributed by atoms with E-state index in [4.69, 9.17) is 17.3 Å². The Balaban J connectivity index is 2.67. The highest BCUT2D eigenvalue weighted by Crippen LogP contribution is 2.31. The molecular weight excluding hydrogens is 243 g/mol. The van der Waals surface area contributed by atoms with Gasteiger partial charge in [0.2, 0.25) is 0 Å². The number of nitrogens with zero attached hydrogens (tertiary/aromatic N) is 2. The zero-order valence-electron chi connectivity index (χ0n) is 7.72. The topological polar surface area (TPSA) is 51.8 Å². The Morgan fingerprint density at radius 1 is 1.12 bits per heavy atom. The molecule has 0 radical (unpaired) electrons. The van der Waals surface area contributed by atoms with Crippen molar-refractivity contribution >= 4 is 28.5 Å². The lowest BCUT2D eigenvalue weighted by Crippen LogP contribution is -2.05. The maximum Gasteiger partial charge on any atom is 0.416 e. The van der Waals surface area contributed by atoms with Crippen LogP contribution < -0.4 is 5.73 Å². The quantitative estimate of drug-likeness (QED) is 0.779. The summed E-state index contributed by atoms with van der Waals surface area (Å²) in [6.45, 7) is 0. The first-order valence-electron chi connectivity index (χ1n) is 4.18. The number of hydrogen-bond donors (Lipinski definition) is 1. The van der Waals surface area contributed by atoms with Crippen molar-refractivity contribution in [1.82, 2.24) is 9.97 Å². The minimum atomic E-state index is -4.41. The van der Waals surface area contributed by atoms with Gasteiger partial charge < -0.3 is 5.73 Å². The van der Waals surface area contributed by atoms with E-state index in [1.807, 2.05) is 0 Å². The first kappa shape index (κ1) is 10.9. The maximum absolute atomic E-state index is 12.4. The van der Waals surface area contributed by atoms with Crippen LogP contribution in [0.15, 0.2) is 18.2 Å². The average molecular weight is 248 g/mol. The van der Waals surface area contributed by atoms with Crippen molar-refractivity contribution in [3.05, 3.63) is 28.9 Å². The fourth-order valence-electron chi connectivity index (χ4n) is 1.22. The predicted molar refractivity (Wildman–Crippen MR) is 54.0 cm³/mol. The largest absolute Gasteiger partial charge is 0.416 e. The summed E-state index contributed by atoms with van der Waals surface area (Å²) in [5.41, 5.74) is 4.90. The highest BCUT2D eigenvalue weighted by atomic mass is 35.5. The van der Waals surface area contributed by atoms with Crippen molar-refractivity contribution in [2.24, 2.45) is 0 Å². The molecule has 0 aliphatic rings. The average Bonchev–Trinajstić information content (AvgIpc) is 2.17. The van der Waals surface area contributed by atoms with Gasteiger partial charge in [0.1, 0.15) is 0 Å². The smallest absolute Gasteiger partial charge is 0.381 e. The van der Waals surface area contributed by atoms with E-state index < -0.39 is 11.7 Å². The van der Waals surface area contributed by atoms with Crippen molar-refractivity contribution in [1.29, 1.82) is 0 Å². The highest BCUT2D eigenvalue weighted by molar-refractivity contribution is 6.31. The number of hydrogen-bond acceptors (Lipinski definition) is 3. The molecule has 0 atom stereocenters. The number of fused-ring (bicyclic) bond motifs is 1. The molecule has 0 unspecified atom stereocenters. The number of rotatable bonds is 0. The lowest BCUT2D eigenvalue weighted by molar-refractivity contribution is -0.137. The Labute approximate surface area is 93.1 Å². The van der Waals surface area contributed by atoms with Gasteiger partial charge in [-0.3, -0.25) is 0 Å². The minimum absolute atomic E-state index is 0.0211. The number of aromatic nitrogens is 2. The van der Waals surface area contributed by atoms with Crippen LogP contribution in [-0.2, 0) is 6.18 Å². The summed E-state index contributed by atoms with van der Waals surface area (Å²) in [7, 11) is 0. The van der Waals surface area contributed by atoms with Crippen molar-refractivity contribution in [3.8, 4) is 0 Å². The predicted octanol–water partition coefficient (Wildman–Crippen LogP) is 2.88. The number of nitrogens with two attached hydrogens (primary N) is 1. The highest BCUT2D eigenvalue weighted by Gasteiger charge is 2.30. The molecule has 3 nitrogen and oxygen atoms in total. The van der Waals surface area contributed by atoms with E-state index in [2.05, 4.69) is 9.97 Å². The van der Waals surface area contributed by atoms with Gasteiger partial charge in [0.15, 0.2) is 11.0 Å². The molecule has 1 heterocycles. The molecule has 16 heavy (non-hydrogen) atoms. The van der Waals surface area contributed by atoms with E-state index in [9.17, 15) is 13.2 Å². The van der Waals surface area contributed by atoms with Gasteiger partial charge >= 0.3 is 6.18 Å². The van der Waals surface area contributed by atoms with Crippen LogP contribution in [0.3, 0.4) is 0 Å². The Hall–Kier alpha value is -1.56. The van der Waals surface area contributed by atoms with Crippen molar-refractivity contribution in [2.75, 3.05) is 5.73 Å². The van der Waals surface area contributed by atoms with Gasteiger partial charge in [-0.1, -0.05) is 11.6 Å². The van der Waals surface area contributed by atoms with E-state index in [-0.39, 0.29) is 22.0 Å². The van der Waals surface area contributed by atoms with E-state index in [0.717, 1.165) is 12.1 Å². The van der Waals surface area contributed by atoms with Crippen LogP contribution in [-0.4, -0.2) is 9.97 Å². The van der Waals surface area contributed by atoms with Crippen LogP contribution in [0, 0.1) is 0 Å². The first-order valence-corrected chi connectivity index (χ1v) is 4.56. The molecule has 0 aliphatic carbocycles. The van der Waals surface area contributed by atoms with Gasteiger partial charge in [-0.05, 0) is 18.2 Å². The van der Waals surface area contributed by atoms with Gasteiger partial charge in [0, 0.05) is 0 Å². The van der Waals surface area contributed by atoms with E-state index >= 15 is 0 Å². The molecule has 0 saturated carbocycles. The molecule has 7 heteroatoms. The zero-order chi connectivity index (χ0) is 11.9. The summed E-state index contributed by atoms with van der Waals surface area (Å²) in [6.07, 6.45) is -4.41. The first-order chi connectivity index (χ1) is 7.38. The van der Waals surface area contributed by atoms with Gasteiger partial charge in [-0.2, -0.15) is 13.2 Å². The fraction of sp³-hybridized carbons (Fsp3) is 0.111. The normalized spacial score (nSPS) is 12.0. The van der Waals surface area contributed by atoms with Crippen LogP contribution in [0.5, 0.6) is 0 Å². The van der Waals surface area contributed by atoms with E-state index in [1.54, 1.807) is 0 Å². The molecule has 1 aromatic carbocycles. The van der Waals surface area contributed by atoms with Crippen molar-refractivity contribution in [3.63, 3.8) is 0 Å². The number of halogens is 4. The molecule has 84 valence electrons. The molecule has 0 saturated heterocycles. The summed E-state index contributed by atoms with van der Waals surface area (Å²) in [6, 6.07) is 3.01. The van der Waals surface area contributed by atoms with Crippen LogP contribution in [0.1, 0.15) is 5.56 Å². The molecule has 0 bridgehead atoms. The molecule has 0 spiro atoms. The summed E-state index contributed by atoms with van der Waals surface area (Å²) in [4.78, 5) is 7.54. The maximum atomic E-state index is 12.4. The number of alkyl halides is 3. The number of nitrogen functional groups attached to an aromatic ring is 1. The lowest BCUT2D eigenvalue weighted by atomic mass is 10.2. The van der Waals surface area contributed by atoms with Crippen LogP contribution >= 0.6 is 11.6 Å². The minimum Gasteiger partial charge on any atom is -0.381 e. The molecular formula is C9H5ClF3N3. The van der Waals surface area contributed by atoms with Crippen LogP contribution in [0.2, 0.25) is 5.15 Å². The summed E-state index contributed by atoms with van der Waals surface area (Å²) < 4.78 is 37.2. The van der Waals surface area contributed by atoms with Crippen LogP contribution in [0.25, 0.3) is 11.0 Å². The van der Waals surface area contributed by atoms with E-state index in [0.29, 0.717) is 0 Å². The van der Waals surface area contributed by atoms with Gasteiger partial charge in [-0.25, -0.2) is 9.97 Å². The molecule has 0 amide bonds. The standard InChI is InChI=1S/C9H5ClF3N3/c10-7-8(14)16-6-3-4(9(11,12)13)1-2-5(6)15-7/h1-3H,(H2,14,16). The number of benzene rings is 1. The Bertz CT molecular complexity index is 553. The third-order valence-electron chi connectivity index (χ3n) is 1.97. The fourth-order valence-corrected chi connectivity index (χ4v) is 1.36. The third-order valence-corrected chi connectivity index (χ3v) is 2.25. The zero-order valence-corrected chi connectivity index (χ0v) is 8.47. The van der Waals surface area contributed by atoms with Gasteiger partial charge in [0.25, 0.3) is 0 Å². The molecule has 0 aliphatic heterocycles. The molecule has 1 aromatic heterocycles. The Morgan fingerprint density at radius 2 is 1.81 bits per heavy atom. The van der Waals surface area contributed by atoms with Gasteiger partial charge in [0.05, 0.1) is 16.6 Å². The molecule has 2 rings (SSSR count). The summed E-state index contributed by atoms with van der Waals surface area (Å²) >= 11 is 5.60.